The summed E-state index contributed by atoms with van der Waals surface area (Å²) in [5, 5.41) is 2.84. The molecule has 2 aromatic rings. The average molecular weight is 404 g/mol. The summed E-state index contributed by atoms with van der Waals surface area (Å²) in [6, 6.07) is 11.3. The normalized spacial score (nSPS) is 14.2. The van der Waals surface area contributed by atoms with Crippen LogP contribution in [0.3, 0.4) is 0 Å². The number of nitrogens with one attached hydrogen (secondary N) is 1. The predicted octanol–water partition coefficient (Wildman–Crippen LogP) is 2.81. The number of carbonyl (C=O) groups is 1. The molecule has 1 aliphatic heterocycles. The van der Waals surface area contributed by atoms with E-state index in [0.717, 1.165) is 22.5 Å². The minimum atomic E-state index is -3.72. The number of aryl methyl sites for hydroxylation is 1. The maximum absolute atomic E-state index is 12.9. The van der Waals surface area contributed by atoms with E-state index in [4.69, 9.17) is 9.47 Å². The highest BCUT2D eigenvalue weighted by molar-refractivity contribution is 7.92. The molecule has 1 aliphatic rings. The molecule has 7 nitrogen and oxygen atoms in total. The lowest BCUT2D eigenvalue weighted by molar-refractivity contribution is -0.116. The molecule has 1 heterocycles. The summed E-state index contributed by atoms with van der Waals surface area (Å²) in [5.41, 5.74) is 2.00. The van der Waals surface area contributed by atoms with E-state index in [2.05, 4.69) is 5.32 Å². The number of anilines is 2. The van der Waals surface area contributed by atoms with Gasteiger partial charge in [-0.15, -0.1) is 0 Å². The molecule has 0 aromatic heterocycles. The van der Waals surface area contributed by atoms with E-state index >= 15 is 0 Å². The fourth-order valence-corrected chi connectivity index (χ4v) is 4.33. The van der Waals surface area contributed by atoms with Gasteiger partial charge < -0.3 is 14.8 Å². The van der Waals surface area contributed by atoms with Crippen LogP contribution in [0.2, 0.25) is 0 Å². The molecule has 1 amide bonds. The molecule has 0 bridgehead atoms. The number of hydrogen-bond acceptors (Lipinski definition) is 5. The molecule has 0 aliphatic carbocycles. The van der Waals surface area contributed by atoms with Crippen LogP contribution in [0.1, 0.15) is 19.4 Å². The second-order valence-electron chi connectivity index (χ2n) is 6.56. The van der Waals surface area contributed by atoms with Crippen LogP contribution in [0.25, 0.3) is 0 Å². The standard InChI is InChI=1S/C20H24N2O5S/c1-4-15-7-5-6-8-17(15)21-20(23)14(2)22(28(3,24)25)16-9-10-18-19(13-16)27-12-11-26-18/h5-10,13-14H,4,11-12H2,1-3H3,(H,21,23)/t14-/m0/s1. The zero-order valence-electron chi connectivity index (χ0n) is 16.1. The highest BCUT2D eigenvalue weighted by atomic mass is 32.2. The van der Waals surface area contributed by atoms with Gasteiger partial charge in [-0.3, -0.25) is 9.10 Å². The van der Waals surface area contributed by atoms with Crippen LogP contribution in [0, 0.1) is 0 Å². The third-order valence-corrected chi connectivity index (χ3v) is 5.77. The zero-order chi connectivity index (χ0) is 20.3. The summed E-state index contributed by atoms with van der Waals surface area (Å²) in [4.78, 5) is 12.9. The van der Waals surface area contributed by atoms with Crippen molar-refractivity contribution in [1.29, 1.82) is 0 Å². The van der Waals surface area contributed by atoms with E-state index in [-0.39, 0.29) is 0 Å². The Morgan fingerprint density at radius 1 is 1.14 bits per heavy atom. The van der Waals surface area contributed by atoms with Crippen molar-refractivity contribution < 1.29 is 22.7 Å². The molecule has 3 rings (SSSR count). The van der Waals surface area contributed by atoms with Crippen molar-refractivity contribution in [2.24, 2.45) is 0 Å². The number of carbonyl (C=O) groups excluding carboxylic acids is 1. The second-order valence-corrected chi connectivity index (χ2v) is 8.42. The van der Waals surface area contributed by atoms with Crippen LogP contribution < -0.4 is 19.1 Å². The lowest BCUT2D eigenvalue weighted by Gasteiger charge is -2.29. The maximum Gasteiger partial charge on any atom is 0.248 e. The largest absolute Gasteiger partial charge is 0.486 e. The molecule has 0 radical (unpaired) electrons. The summed E-state index contributed by atoms with van der Waals surface area (Å²) in [5.74, 6) is 0.597. The van der Waals surface area contributed by atoms with Gasteiger partial charge in [-0.1, -0.05) is 25.1 Å². The van der Waals surface area contributed by atoms with Gasteiger partial charge in [0, 0.05) is 11.8 Å². The second kappa shape index (κ2) is 8.10. The number of benzene rings is 2. The van der Waals surface area contributed by atoms with Crippen LogP contribution in [0.15, 0.2) is 42.5 Å². The molecule has 1 atom stereocenters. The Hall–Kier alpha value is -2.74. The van der Waals surface area contributed by atoms with Gasteiger partial charge in [-0.05, 0) is 37.1 Å². The number of hydrogen-bond donors (Lipinski definition) is 1. The number of nitrogens with zero attached hydrogens (tertiary/aromatic N) is 1. The summed E-state index contributed by atoms with van der Waals surface area (Å²) in [7, 11) is -3.72. The summed E-state index contributed by atoms with van der Waals surface area (Å²) < 4.78 is 37.1. The van der Waals surface area contributed by atoms with Crippen LogP contribution in [0.4, 0.5) is 11.4 Å². The maximum atomic E-state index is 12.9. The average Bonchev–Trinajstić information content (AvgIpc) is 2.67. The molecule has 1 N–H and O–H groups in total. The lowest BCUT2D eigenvalue weighted by atomic mass is 10.1. The van der Waals surface area contributed by atoms with E-state index in [1.54, 1.807) is 31.2 Å². The first kappa shape index (κ1) is 20.0. The quantitative estimate of drug-likeness (QED) is 0.800. The zero-order valence-corrected chi connectivity index (χ0v) is 17.0. The molecular weight excluding hydrogens is 380 g/mol. The van der Waals surface area contributed by atoms with E-state index < -0.39 is 22.0 Å². The number of sulfonamides is 1. The monoisotopic (exact) mass is 404 g/mol. The summed E-state index contributed by atoms with van der Waals surface area (Å²) >= 11 is 0. The minimum absolute atomic E-state index is 0.346. The van der Waals surface area contributed by atoms with Crippen molar-refractivity contribution in [3.05, 3.63) is 48.0 Å². The van der Waals surface area contributed by atoms with Crippen molar-refractivity contribution in [2.75, 3.05) is 29.1 Å². The molecule has 0 saturated carbocycles. The smallest absolute Gasteiger partial charge is 0.248 e. The first-order valence-electron chi connectivity index (χ1n) is 9.09. The SMILES string of the molecule is CCc1ccccc1NC(=O)[C@H](C)N(c1ccc2c(c1)OCCO2)S(C)(=O)=O. The molecule has 0 spiro atoms. The van der Waals surface area contributed by atoms with Gasteiger partial charge in [-0.2, -0.15) is 0 Å². The Morgan fingerprint density at radius 2 is 1.82 bits per heavy atom. The Bertz CT molecular complexity index is 974. The molecule has 28 heavy (non-hydrogen) atoms. The van der Waals surface area contributed by atoms with E-state index in [9.17, 15) is 13.2 Å². The fourth-order valence-electron chi connectivity index (χ4n) is 3.17. The Morgan fingerprint density at radius 3 is 2.50 bits per heavy atom. The third kappa shape index (κ3) is 4.22. The van der Waals surface area contributed by atoms with E-state index in [1.807, 2.05) is 25.1 Å². The lowest BCUT2D eigenvalue weighted by Crippen LogP contribution is -2.45. The summed E-state index contributed by atoms with van der Waals surface area (Å²) in [6.07, 6.45) is 1.83. The number of amides is 1. The van der Waals surface area contributed by atoms with Gasteiger partial charge in [0.1, 0.15) is 19.3 Å². The van der Waals surface area contributed by atoms with Gasteiger partial charge in [-0.25, -0.2) is 8.42 Å². The molecule has 150 valence electrons. The van der Waals surface area contributed by atoms with Crippen LogP contribution >= 0.6 is 0 Å². The van der Waals surface area contributed by atoms with E-state index in [0.29, 0.717) is 36.1 Å². The highest BCUT2D eigenvalue weighted by Gasteiger charge is 2.30. The first-order valence-corrected chi connectivity index (χ1v) is 10.9. The minimum Gasteiger partial charge on any atom is -0.486 e. The molecule has 0 unspecified atom stereocenters. The van der Waals surface area contributed by atoms with Crippen LogP contribution in [-0.2, 0) is 21.2 Å². The Labute approximate surface area is 165 Å². The van der Waals surface area contributed by atoms with Crippen molar-refractivity contribution in [2.45, 2.75) is 26.3 Å². The number of ether oxygens (including phenoxy) is 2. The first-order chi connectivity index (χ1) is 13.3. The predicted molar refractivity (Wildman–Crippen MR) is 109 cm³/mol. The highest BCUT2D eigenvalue weighted by Crippen LogP contribution is 2.35. The van der Waals surface area contributed by atoms with E-state index in [1.165, 1.54) is 0 Å². The number of para-hydroxylation sites is 1. The molecule has 8 heteroatoms. The Balaban J connectivity index is 1.90. The van der Waals surface area contributed by atoms with Crippen molar-refractivity contribution >= 4 is 27.3 Å². The molecular formula is C20H24N2O5S. The molecule has 0 saturated heterocycles. The van der Waals surface area contributed by atoms with Gasteiger partial charge in [0.25, 0.3) is 0 Å². The molecule has 2 aromatic carbocycles. The van der Waals surface area contributed by atoms with Crippen LogP contribution in [0.5, 0.6) is 11.5 Å². The van der Waals surface area contributed by atoms with Crippen LogP contribution in [-0.4, -0.2) is 39.8 Å². The number of fused-ring (bicyclic) bond motifs is 1. The van der Waals surface area contributed by atoms with Gasteiger partial charge >= 0.3 is 0 Å². The number of rotatable bonds is 6. The van der Waals surface area contributed by atoms with Crippen molar-refractivity contribution in [3.63, 3.8) is 0 Å². The Kier molecular flexibility index (Phi) is 5.79. The summed E-state index contributed by atoms with van der Waals surface area (Å²) in [6.45, 7) is 4.38. The van der Waals surface area contributed by atoms with Gasteiger partial charge in [0.05, 0.1) is 11.9 Å². The molecule has 0 fully saturated rings. The van der Waals surface area contributed by atoms with Gasteiger partial charge in [0.2, 0.25) is 15.9 Å². The fraction of sp³-hybridized carbons (Fsp3) is 0.350. The van der Waals surface area contributed by atoms with Crippen molar-refractivity contribution in [1.82, 2.24) is 0 Å². The van der Waals surface area contributed by atoms with Crippen molar-refractivity contribution in [3.8, 4) is 11.5 Å². The topological polar surface area (TPSA) is 84.9 Å². The third-order valence-electron chi connectivity index (χ3n) is 4.52. The van der Waals surface area contributed by atoms with Gasteiger partial charge in [0.15, 0.2) is 11.5 Å².